The molecular weight excluding hydrogens is 725 g/mol. The molecular formula is C53H54N4O2. The van der Waals surface area contributed by atoms with E-state index in [1.807, 2.05) is 31.2 Å². The van der Waals surface area contributed by atoms with Crippen molar-refractivity contribution in [2.75, 3.05) is 6.61 Å². The smallest absolute Gasteiger partial charge is 0.338 e. The highest BCUT2D eigenvalue weighted by Crippen LogP contribution is 2.44. The summed E-state index contributed by atoms with van der Waals surface area (Å²) in [5, 5.41) is 0. The lowest BCUT2D eigenvalue weighted by atomic mass is 9.94. The molecule has 5 heterocycles. The van der Waals surface area contributed by atoms with Crippen molar-refractivity contribution in [3.63, 3.8) is 0 Å². The van der Waals surface area contributed by atoms with Crippen LogP contribution in [-0.2, 0) is 17.6 Å². The van der Waals surface area contributed by atoms with Crippen LogP contribution in [0.4, 0.5) is 0 Å². The first-order valence-corrected chi connectivity index (χ1v) is 21.2. The van der Waals surface area contributed by atoms with Crippen LogP contribution in [0.15, 0.2) is 91.0 Å². The molecule has 0 saturated heterocycles. The molecule has 8 rings (SSSR count). The molecule has 6 heteroatoms. The van der Waals surface area contributed by atoms with Gasteiger partial charge in [-0.25, -0.2) is 14.8 Å². The number of aromatic nitrogens is 4. The highest BCUT2D eigenvalue weighted by atomic mass is 16.5. The van der Waals surface area contributed by atoms with Crippen LogP contribution in [0, 0.1) is 13.8 Å². The fraction of sp³-hybridized carbons (Fsp3) is 0.264. The quantitative estimate of drug-likeness (QED) is 0.143. The zero-order valence-electron chi connectivity index (χ0n) is 35.9. The number of carbonyl (C=O) groups is 1. The number of fused-ring (bicyclic) bond motifs is 8. The number of nitrogens with zero attached hydrogens (tertiary/aromatic N) is 2. The van der Waals surface area contributed by atoms with Crippen molar-refractivity contribution in [2.24, 2.45) is 0 Å². The standard InChI is InChI=1S/C53H54N4O2/c1-10-39-30(6)49-47(36-18-16-15-17-19-36)50-31(7)40(11-2)44(55-50)29-46-42(13-4)33(9)52(57-46)48(51-32(8)41(12-3)45(56-51)28-43(39)54-49)37-24-20-34(21-25-37)35-22-26-38(27-23-35)53(58)59-14-5/h15-29,54,57H,10-14H2,1-9H3. The van der Waals surface area contributed by atoms with Gasteiger partial charge in [-0.3, -0.25) is 0 Å². The van der Waals surface area contributed by atoms with Crippen LogP contribution in [0.2, 0.25) is 0 Å². The molecule has 3 aromatic carbocycles. The molecule has 2 aliphatic heterocycles. The molecule has 2 N–H and O–H groups in total. The normalized spacial score (nSPS) is 12.8. The molecule has 0 saturated carbocycles. The van der Waals surface area contributed by atoms with Crippen LogP contribution < -0.4 is 0 Å². The Labute approximate surface area is 348 Å². The van der Waals surface area contributed by atoms with Gasteiger partial charge < -0.3 is 14.7 Å². The van der Waals surface area contributed by atoms with Crippen molar-refractivity contribution < 1.29 is 9.53 Å². The van der Waals surface area contributed by atoms with Gasteiger partial charge in [0.05, 0.1) is 46.0 Å². The van der Waals surface area contributed by atoms with Crippen LogP contribution in [0.5, 0.6) is 0 Å². The Morgan fingerprint density at radius 3 is 1.39 bits per heavy atom. The lowest BCUT2D eigenvalue weighted by Crippen LogP contribution is -2.03. The number of hydrogen-bond donors (Lipinski definition) is 2. The van der Waals surface area contributed by atoms with Crippen molar-refractivity contribution in [3.8, 4) is 33.4 Å². The van der Waals surface area contributed by atoms with Crippen LogP contribution in [0.3, 0.4) is 0 Å². The fourth-order valence-corrected chi connectivity index (χ4v) is 9.32. The average Bonchev–Trinajstić information content (AvgIpc) is 3.94. The minimum Gasteiger partial charge on any atom is -0.462 e. The third kappa shape index (κ3) is 6.84. The molecule has 0 amide bonds. The summed E-state index contributed by atoms with van der Waals surface area (Å²) in [6.45, 7) is 20.1. The van der Waals surface area contributed by atoms with E-state index in [0.29, 0.717) is 12.2 Å². The van der Waals surface area contributed by atoms with Gasteiger partial charge in [0.1, 0.15) is 0 Å². The van der Waals surface area contributed by atoms with Crippen molar-refractivity contribution >= 4 is 50.3 Å². The number of aromatic amines is 2. The molecule has 0 fully saturated rings. The van der Waals surface area contributed by atoms with Gasteiger partial charge in [0.2, 0.25) is 0 Å². The van der Waals surface area contributed by atoms with Crippen LogP contribution in [0.1, 0.15) is 117 Å². The zero-order valence-corrected chi connectivity index (χ0v) is 35.9. The van der Waals surface area contributed by atoms with E-state index in [0.717, 1.165) is 104 Å². The Balaban J connectivity index is 1.48. The topological polar surface area (TPSA) is 83.7 Å². The van der Waals surface area contributed by atoms with E-state index in [1.54, 1.807) is 0 Å². The number of ether oxygens (including phenoxy) is 1. The Hall–Kier alpha value is -6.27. The third-order valence-corrected chi connectivity index (χ3v) is 12.4. The number of benzene rings is 3. The molecule has 6 nitrogen and oxygen atoms in total. The second kappa shape index (κ2) is 16.2. The number of H-pyrrole nitrogens is 2. The minimum atomic E-state index is -0.306. The van der Waals surface area contributed by atoms with Gasteiger partial charge in [0, 0.05) is 22.2 Å². The zero-order chi connectivity index (χ0) is 41.5. The molecule has 2 aliphatic rings. The van der Waals surface area contributed by atoms with Gasteiger partial charge in [-0.2, -0.15) is 0 Å². The summed E-state index contributed by atoms with van der Waals surface area (Å²) in [5.74, 6) is -0.306. The fourth-order valence-electron chi connectivity index (χ4n) is 9.32. The summed E-state index contributed by atoms with van der Waals surface area (Å²) in [4.78, 5) is 31.4. The van der Waals surface area contributed by atoms with Crippen molar-refractivity contribution in [3.05, 3.63) is 142 Å². The minimum absolute atomic E-state index is 0.306. The largest absolute Gasteiger partial charge is 0.462 e. The number of nitrogens with one attached hydrogen (secondary N) is 2. The van der Waals surface area contributed by atoms with Gasteiger partial charge >= 0.3 is 5.97 Å². The molecule has 0 unspecified atom stereocenters. The van der Waals surface area contributed by atoms with Gasteiger partial charge in [-0.1, -0.05) is 94.4 Å². The van der Waals surface area contributed by atoms with E-state index < -0.39 is 0 Å². The van der Waals surface area contributed by atoms with Gasteiger partial charge in [-0.15, -0.1) is 0 Å². The monoisotopic (exact) mass is 778 g/mol. The number of rotatable bonds is 9. The highest BCUT2D eigenvalue weighted by molar-refractivity contribution is 6.03. The van der Waals surface area contributed by atoms with E-state index in [1.165, 1.54) is 44.5 Å². The maximum absolute atomic E-state index is 12.3. The molecule has 3 aromatic heterocycles. The number of aryl methyl sites for hydroxylation is 4. The molecule has 298 valence electrons. The summed E-state index contributed by atoms with van der Waals surface area (Å²) < 4.78 is 5.21. The number of allylic oxidation sites excluding steroid dienone is 4. The Bertz CT molecular complexity index is 2850. The second-order valence-corrected chi connectivity index (χ2v) is 15.6. The SMILES string of the molecule is CCOC(=O)c1ccc(-c2ccc(-c3c4nc(cc5[nH]c(c(C)c5CC)c(-c5ccccc5)c5nc(cc6[nH]c3c(C)c6CC)C(CC)=C5C)C(CC)=C4C)cc2)cc1. The Kier molecular flexibility index (Phi) is 10.8. The van der Waals surface area contributed by atoms with E-state index in [2.05, 4.69) is 132 Å². The summed E-state index contributed by atoms with van der Waals surface area (Å²) in [7, 11) is 0. The first-order valence-electron chi connectivity index (χ1n) is 21.2. The maximum Gasteiger partial charge on any atom is 0.338 e. The molecule has 0 radical (unpaired) electrons. The molecule has 8 bridgehead atoms. The first-order chi connectivity index (χ1) is 28.6. The summed E-state index contributed by atoms with van der Waals surface area (Å²) in [6, 6.07) is 31.7. The molecule has 6 aromatic rings. The van der Waals surface area contributed by atoms with Crippen molar-refractivity contribution in [1.29, 1.82) is 0 Å². The Morgan fingerprint density at radius 2 is 0.966 bits per heavy atom. The first kappa shape index (κ1) is 39.6. The lowest BCUT2D eigenvalue weighted by Gasteiger charge is -2.10. The molecule has 0 spiro atoms. The predicted molar refractivity (Wildman–Crippen MR) is 247 cm³/mol. The van der Waals surface area contributed by atoms with Gasteiger partial charge in [0.25, 0.3) is 0 Å². The van der Waals surface area contributed by atoms with Crippen LogP contribution in [0.25, 0.3) is 77.7 Å². The molecule has 59 heavy (non-hydrogen) atoms. The van der Waals surface area contributed by atoms with E-state index >= 15 is 0 Å². The highest BCUT2D eigenvalue weighted by Gasteiger charge is 2.25. The molecule has 0 atom stereocenters. The lowest BCUT2D eigenvalue weighted by molar-refractivity contribution is 0.0526. The average molecular weight is 779 g/mol. The van der Waals surface area contributed by atoms with Crippen molar-refractivity contribution in [2.45, 2.75) is 88.0 Å². The predicted octanol–water partition coefficient (Wildman–Crippen LogP) is 13.9. The van der Waals surface area contributed by atoms with Gasteiger partial charge in [0.15, 0.2) is 0 Å². The summed E-state index contributed by atoms with van der Waals surface area (Å²) in [5.41, 5.74) is 25.4. The number of carbonyl (C=O) groups excluding carboxylic acids is 1. The Morgan fingerprint density at radius 1 is 0.542 bits per heavy atom. The van der Waals surface area contributed by atoms with Crippen molar-refractivity contribution in [1.82, 2.24) is 19.9 Å². The van der Waals surface area contributed by atoms with E-state index in [9.17, 15) is 4.79 Å². The molecule has 0 aliphatic carbocycles. The summed E-state index contributed by atoms with van der Waals surface area (Å²) >= 11 is 0. The van der Waals surface area contributed by atoms with Crippen LogP contribution >= 0.6 is 0 Å². The third-order valence-electron chi connectivity index (χ3n) is 12.4. The van der Waals surface area contributed by atoms with E-state index in [4.69, 9.17) is 14.7 Å². The number of hydrogen-bond acceptors (Lipinski definition) is 4. The second-order valence-electron chi connectivity index (χ2n) is 15.6. The van der Waals surface area contributed by atoms with Gasteiger partial charge in [-0.05, 0) is 151 Å². The van der Waals surface area contributed by atoms with E-state index in [-0.39, 0.29) is 5.97 Å². The van der Waals surface area contributed by atoms with Crippen LogP contribution in [-0.4, -0.2) is 32.5 Å². The number of esters is 1. The maximum atomic E-state index is 12.3. The summed E-state index contributed by atoms with van der Waals surface area (Å²) in [6.07, 6.45) is 3.48.